The Hall–Kier alpha value is -1.98. The van der Waals surface area contributed by atoms with Gasteiger partial charge in [-0.25, -0.2) is 4.98 Å². The molecule has 0 radical (unpaired) electrons. The van der Waals surface area contributed by atoms with E-state index in [-0.39, 0.29) is 5.91 Å². The molecule has 3 nitrogen and oxygen atoms in total. The normalized spacial score (nSPS) is 13.2. The summed E-state index contributed by atoms with van der Waals surface area (Å²) in [4.78, 5) is 20.5. The van der Waals surface area contributed by atoms with Gasteiger partial charge >= 0.3 is 0 Å². The maximum atomic E-state index is 12.6. The summed E-state index contributed by atoms with van der Waals surface area (Å²) in [6, 6.07) is 10.6. The highest BCUT2D eigenvalue weighted by Crippen LogP contribution is 2.33. The molecular weight excluding hydrogens is 348 g/mol. The van der Waals surface area contributed by atoms with Gasteiger partial charge in [0.2, 0.25) is 5.91 Å². The molecule has 0 atom stereocenters. The molecule has 3 aromatic rings. The third-order valence-corrected chi connectivity index (χ3v) is 6.29. The van der Waals surface area contributed by atoms with Crippen LogP contribution in [0.3, 0.4) is 0 Å². The fourth-order valence-electron chi connectivity index (χ4n) is 3.32. The molecule has 3 heterocycles. The van der Waals surface area contributed by atoms with E-state index in [9.17, 15) is 4.79 Å². The Morgan fingerprint density at radius 1 is 1.28 bits per heavy atom. The second-order valence-electron chi connectivity index (χ2n) is 6.32. The smallest absolute Gasteiger partial charge is 0.227 e. The predicted octanol–water partition coefficient (Wildman–Crippen LogP) is 5.09. The zero-order valence-corrected chi connectivity index (χ0v) is 15.8. The number of fused-ring (bicyclic) bond motifs is 1. The van der Waals surface area contributed by atoms with Crippen molar-refractivity contribution >= 4 is 34.3 Å². The summed E-state index contributed by atoms with van der Waals surface area (Å²) in [6.45, 7) is 2.82. The molecule has 1 amide bonds. The minimum atomic E-state index is 0.243. The van der Waals surface area contributed by atoms with Gasteiger partial charge in [-0.1, -0.05) is 12.1 Å². The lowest BCUT2D eigenvalue weighted by atomic mass is 10.1. The second-order valence-corrected chi connectivity index (χ2v) is 8.42. The molecule has 2 aromatic heterocycles. The Morgan fingerprint density at radius 3 is 2.96 bits per heavy atom. The van der Waals surface area contributed by atoms with Crippen molar-refractivity contribution in [1.82, 2.24) is 4.98 Å². The Labute approximate surface area is 156 Å². The van der Waals surface area contributed by atoms with E-state index in [0.29, 0.717) is 6.42 Å². The van der Waals surface area contributed by atoms with Crippen molar-refractivity contribution in [2.75, 3.05) is 11.4 Å². The Morgan fingerprint density at radius 2 is 2.20 bits per heavy atom. The average Bonchev–Trinajstić information content (AvgIpc) is 3.34. The number of hydrogen-bond acceptors (Lipinski definition) is 4. The van der Waals surface area contributed by atoms with Gasteiger partial charge in [0, 0.05) is 34.5 Å². The van der Waals surface area contributed by atoms with Crippen molar-refractivity contribution in [3.8, 4) is 11.3 Å². The minimum Gasteiger partial charge on any atom is -0.312 e. The van der Waals surface area contributed by atoms with Crippen LogP contribution in [0.1, 0.15) is 28.3 Å². The summed E-state index contributed by atoms with van der Waals surface area (Å²) in [7, 11) is 0. The zero-order valence-electron chi connectivity index (χ0n) is 14.2. The van der Waals surface area contributed by atoms with Gasteiger partial charge in [0.1, 0.15) is 0 Å². The van der Waals surface area contributed by atoms with Crippen molar-refractivity contribution in [2.24, 2.45) is 0 Å². The largest absolute Gasteiger partial charge is 0.312 e. The molecule has 0 N–H and O–H groups in total. The van der Waals surface area contributed by atoms with Crippen LogP contribution >= 0.6 is 22.7 Å². The van der Waals surface area contributed by atoms with Gasteiger partial charge in [0.15, 0.2) is 0 Å². The summed E-state index contributed by atoms with van der Waals surface area (Å²) in [5, 5.41) is 5.27. The first kappa shape index (κ1) is 16.5. The lowest BCUT2D eigenvalue weighted by molar-refractivity contribution is -0.118. The second kappa shape index (κ2) is 7.10. The van der Waals surface area contributed by atoms with Gasteiger partial charge in [-0.15, -0.1) is 22.7 Å². The highest BCUT2D eigenvalue weighted by Gasteiger charge is 2.24. The molecule has 0 bridgehead atoms. The molecule has 25 heavy (non-hydrogen) atoms. The predicted molar refractivity (Wildman–Crippen MR) is 106 cm³/mol. The molecule has 0 unspecified atom stereocenters. The van der Waals surface area contributed by atoms with Crippen LogP contribution in [0.4, 0.5) is 5.69 Å². The van der Waals surface area contributed by atoms with Crippen LogP contribution in [0, 0.1) is 6.92 Å². The molecule has 0 aliphatic carbocycles. The maximum absolute atomic E-state index is 12.6. The number of benzene rings is 1. The maximum Gasteiger partial charge on any atom is 0.227 e. The van der Waals surface area contributed by atoms with Gasteiger partial charge < -0.3 is 4.90 Å². The number of aryl methyl sites for hydroxylation is 2. The van der Waals surface area contributed by atoms with E-state index in [1.807, 2.05) is 11.8 Å². The van der Waals surface area contributed by atoms with E-state index in [0.717, 1.165) is 47.8 Å². The Balaban J connectivity index is 1.43. The monoisotopic (exact) mass is 368 g/mol. The number of anilines is 1. The van der Waals surface area contributed by atoms with Crippen LogP contribution < -0.4 is 4.90 Å². The molecule has 128 valence electrons. The fraction of sp³-hybridized carbons (Fsp3) is 0.300. The Kier molecular flexibility index (Phi) is 4.68. The van der Waals surface area contributed by atoms with Gasteiger partial charge in [0.05, 0.1) is 10.7 Å². The van der Waals surface area contributed by atoms with E-state index in [1.54, 1.807) is 22.7 Å². The number of hydrogen-bond donors (Lipinski definition) is 0. The molecule has 0 saturated carbocycles. The first-order valence-electron chi connectivity index (χ1n) is 8.59. The highest BCUT2D eigenvalue weighted by atomic mass is 32.1. The standard InChI is InChI=1S/C20H20N2OS2/c1-14-21-18(13-25-14)15-7-8-19-16(12-15)9-10-22(19)20(23)6-2-4-17-5-3-11-24-17/h3,5,7-8,11-13H,2,4,6,9-10H2,1H3. The number of thiophene rings is 1. The molecule has 1 aliphatic heterocycles. The number of carbonyl (C=O) groups is 1. The van der Waals surface area contributed by atoms with Crippen molar-refractivity contribution in [3.05, 3.63) is 56.5 Å². The van der Waals surface area contributed by atoms with E-state index < -0.39 is 0 Å². The average molecular weight is 369 g/mol. The molecule has 1 aliphatic rings. The van der Waals surface area contributed by atoms with Crippen molar-refractivity contribution in [2.45, 2.75) is 32.6 Å². The lowest BCUT2D eigenvalue weighted by Gasteiger charge is -2.17. The molecule has 0 fully saturated rings. The minimum absolute atomic E-state index is 0.243. The van der Waals surface area contributed by atoms with Crippen LogP contribution in [0.25, 0.3) is 11.3 Å². The van der Waals surface area contributed by atoms with Crippen LogP contribution in [0.15, 0.2) is 41.1 Å². The number of nitrogens with zero attached hydrogens (tertiary/aromatic N) is 2. The highest BCUT2D eigenvalue weighted by molar-refractivity contribution is 7.10. The number of amides is 1. The van der Waals surface area contributed by atoms with Crippen LogP contribution in [-0.2, 0) is 17.6 Å². The number of aromatic nitrogens is 1. The number of carbonyl (C=O) groups excluding carboxylic acids is 1. The van der Waals surface area contributed by atoms with Gasteiger partial charge in [-0.2, -0.15) is 0 Å². The topological polar surface area (TPSA) is 33.2 Å². The van der Waals surface area contributed by atoms with Crippen LogP contribution in [0.5, 0.6) is 0 Å². The summed E-state index contributed by atoms with van der Waals surface area (Å²) in [6.07, 6.45) is 3.46. The van der Waals surface area contributed by atoms with Crippen molar-refractivity contribution < 1.29 is 4.79 Å². The number of thiazole rings is 1. The van der Waals surface area contributed by atoms with E-state index in [4.69, 9.17) is 0 Å². The molecule has 1 aromatic carbocycles. The molecule has 0 spiro atoms. The summed E-state index contributed by atoms with van der Waals surface area (Å²) in [5.41, 5.74) is 4.52. The molecule has 0 saturated heterocycles. The van der Waals surface area contributed by atoms with Gasteiger partial charge in [-0.05, 0) is 55.3 Å². The molecule has 5 heteroatoms. The van der Waals surface area contributed by atoms with E-state index >= 15 is 0 Å². The first-order chi connectivity index (χ1) is 12.2. The summed E-state index contributed by atoms with van der Waals surface area (Å²) < 4.78 is 0. The van der Waals surface area contributed by atoms with E-state index in [2.05, 4.69) is 46.1 Å². The lowest BCUT2D eigenvalue weighted by Crippen LogP contribution is -2.28. The van der Waals surface area contributed by atoms with Gasteiger partial charge in [-0.3, -0.25) is 4.79 Å². The SMILES string of the molecule is Cc1nc(-c2ccc3c(c2)CCN3C(=O)CCCc2cccs2)cs1. The summed E-state index contributed by atoms with van der Waals surface area (Å²) >= 11 is 3.44. The molecule has 4 rings (SSSR count). The fourth-order valence-corrected chi connectivity index (χ4v) is 4.69. The Bertz CT molecular complexity index is 883. The summed E-state index contributed by atoms with van der Waals surface area (Å²) in [5.74, 6) is 0.243. The van der Waals surface area contributed by atoms with Crippen LogP contribution in [-0.4, -0.2) is 17.4 Å². The number of rotatable bonds is 5. The third kappa shape index (κ3) is 3.53. The van der Waals surface area contributed by atoms with Crippen LogP contribution in [0.2, 0.25) is 0 Å². The molecular formula is C20H20N2OS2. The van der Waals surface area contributed by atoms with Gasteiger partial charge in [0.25, 0.3) is 0 Å². The van der Waals surface area contributed by atoms with Crippen molar-refractivity contribution in [1.29, 1.82) is 0 Å². The zero-order chi connectivity index (χ0) is 17.2. The third-order valence-electron chi connectivity index (χ3n) is 4.58. The quantitative estimate of drug-likeness (QED) is 0.628. The van der Waals surface area contributed by atoms with Crippen molar-refractivity contribution in [3.63, 3.8) is 0 Å². The first-order valence-corrected chi connectivity index (χ1v) is 10.3. The van der Waals surface area contributed by atoms with E-state index in [1.165, 1.54) is 10.4 Å².